The number of rotatable bonds is 7. The number of hydrogen-bond donors (Lipinski definition) is 1. The first-order valence-corrected chi connectivity index (χ1v) is 9.91. The number of amides is 2. The lowest BCUT2D eigenvalue weighted by Gasteiger charge is -2.33. The Hall–Kier alpha value is -2.38. The Morgan fingerprint density at radius 3 is 2.85 bits per heavy atom. The maximum atomic E-state index is 12.6. The molecule has 1 N–H and O–H groups in total. The van der Waals surface area contributed by atoms with E-state index in [2.05, 4.69) is 10.2 Å². The molecular formula is C20H25N3O3S. The lowest BCUT2D eigenvalue weighted by Crippen LogP contribution is -2.45. The summed E-state index contributed by atoms with van der Waals surface area (Å²) in [6.45, 7) is 3.27. The van der Waals surface area contributed by atoms with Crippen molar-refractivity contribution < 1.29 is 14.3 Å². The van der Waals surface area contributed by atoms with Gasteiger partial charge >= 0.3 is 0 Å². The van der Waals surface area contributed by atoms with Crippen molar-refractivity contribution in [1.82, 2.24) is 4.90 Å². The number of ether oxygens (including phenoxy) is 1. The molecule has 2 amide bonds. The Bertz CT molecular complexity index is 805. The number of nitrogens with zero attached hydrogens (tertiary/aromatic N) is 2. The summed E-state index contributed by atoms with van der Waals surface area (Å²) in [5, 5.41) is 4.87. The largest absolute Gasteiger partial charge is 0.479 e. The highest BCUT2D eigenvalue weighted by Crippen LogP contribution is 2.36. The molecule has 0 saturated heterocycles. The fraction of sp³-hybridized carbons (Fsp3) is 0.400. The Balaban J connectivity index is 1.75. The molecule has 3 rings (SSSR count). The number of nitrogens with one attached hydrogen (secondary N) is 1. The average molecular weight is 388 g/mol. The van der Waals surface area contributed by atoms with Crippen LogP contribution in [-0.4, -0.2) is 50.0 Å². The van der Waals surface area contributed by atoms with Gasteiger partial charge in [0, 0.05) is 17.1 Å². The van der Waals surface area contributed by atoms with Crippen LogP contribution < -0.4 is 15.0 Å². The van der Waals surface area contributed by atoms with Crippen LogP contribution in [0.15, 0.2) is 35.7 Å². The molecule has 1 aliphatic rings. The van der Waals surface area contributed by atoms with Crippen LogP contribution in [0.4, 0.5) is 11.4 Å². The van der Waals surface area contributed by atoms with Crippen LogP contribution in [-0.2, 0) is 16.0 Å². The second-order valence-electron chi connectivity index (χ2n) is 6.89. The van der Waals surface area contributed by atoms with Gasteiger partial charge in [-0.3, -0.25) is 9.59 Å². The normalized spacial score (nSPS) is 16.2. The van der Waals surface area contributed by atoms with E-state index in [4.69, 9.17) is 4.74 Å². The molecule has 27 heavy (non-hydrogen) atoms. The van der Waals surface area contributed by atoms with Crippen molar-refractivity contribution in [3.8, 4) is 5.75 Å². The van der Waals surface area contributed by atoms with E-state index < -0.39 is 6.10 Å². The maximum absolute atomic E-state index is 12.6. The van der Waals surface area contributed by atoms with E-state index in [1.54, 1.807) is 23.2 Å². The monoisotopic (exact) mass is 387 g/mol. The molecule has 0 radical (unpaired) electrons. The fourth-order valence-corrected chi connectivity index (χ4v) is 3.74. The molecule has 7 heteroatoms. The number of fused-ring (bicyclic) bond motifs is 1. The molecule has 2 aromatic rings. The van der Waals surface area contributed by atoms with Crippen molar-refractivity contribution in [2.24, 2.45) is 0 Å². The minimum Gasteiger partial charge on any atom is -0.479 e. The molecule has 6 nitrogen and oxygen atoms in total. The van der Waals surface area contributed by atoms with Crippen LogP contribution in [0.3, 0.4) is 0 Å². The van der Waals surface area contributed by atoms with Gasteiger partial charge in [0.2, 0.25) is 5.91 Å². The van der Waals surface area contributed by atoms with Crippen molar-refractivity contribution >= 4 is 34.5 Å². The van der Waals surface area contributed by atoms with Crippen LogP contribution in [0.2, 0.25) is 0 Å². The summed E-state index contributed by atoms with van der Waals surface area (Å²) in [4.78, 5) is 29.8. The third-order valence-corrected chi connectivity index (χ3v) is 5.23. The number of thiophene rings is 1. The summed E-state index contributed by atoms with van der Waals surface area (Å²) in [6, 6.07) is 9.32. The summed E-state index contributed by atoms with van der Waals surface area (Å²) in [5.41, 5.74) is 1.38. The number of carbonyl (C=O) groups excluding carboxylic acids is 2. The van der Waals surface area contributed by atoms with Crippen LogP contribution in [0, 0.1) is 0 Å². The fourth-order valence-electron chi connectivity index (χ4n) is 3.04. The van der Waals surface area contributed by atoms with Gasteiger partial charge < -0.3 is 19.9 Å². The summed E-state index contributed by atoms with van der Waals surface area (Å²) in [5.74, 6) is 0.541. The third kappa shape index (κ3) is 4.87. The zero-order valence-corrected chi connectivity index (χ0v) is 16.7. The number of benzene rings is 1. The number of anilines is 2. The zero-order chi connectivity index (χ0) is 19.4. The molecule has 0 spiro atoms. The van der Waals surface area contributed by atoms with Gasteiger partial charge in [-0.05, 0) is 63.6 Å². The van der Waals surface area contributed by atoms with Gasteiger partial charge in [-0.15, -0.1) is 11.3 Å². The minimum atomic E-state index is -0.504. The molecule has 1 aromatic carbocycles. The van der Waals surface area contributed by atoms with Crippen molar-refractivity contribution in [2.75, 3.05) is 37.4 Å². The van der Waals surface area contributed by atoms with Gasteiger partial charge in [-0.2, -0.15) is 0 Å². The lowest BCUT2D eigenvalue weighted by molar-refractivity contribution is -0.125. The van der Waals surface area contributed by atoms with Gasteiger partial charge in [0.25, 0.3) is 5.91 Å². The Labute approximate surface area is 163 Å². The van der Waals surface area contributed by atoms with E-state index in [1.165, 1.54) is 0 Å². The quantitative estimate of drug-likeness (QED) is 0.793. The molecule has 1 atom stereocenters. The summed E-state index contributed by atoms with van der Waals surface area (Å²) < 4.78 is 5.73. The van der Waals surface area contributed by atoms with Crippen molar-refractivity contribution in [1.29, 1.82) is 0 Å². The van der Waals surface area contributed by atoms with Gasteiger partial charge in [0.05, 0.1) is 12.1 Å². The molecule has 0 fully saturated rings. The van der Waals surface area contributed by atoms with Gasteiger partial charge in [0.15, 0.2) is 6.10 Å². The molecule has 1 aliphatic heterocycles. The average Bonchev–Trinajstić information content (AvgIpc) is 3.11. The number of hydrogen-bond acceptors (Lipinski definition) is 5. The first kappa shape index (κ1) is 19.4. The van der Waals surface area contributed by atoms with Crippen molar-refractivity contribution in [3.63, 3.8) is 0 Å². The van der Waals surface area contributed by atoms with Gasteiger partial charge in [-0.1, -0.05) is 6.07 Å². The molecule has 2 heterocycles. The minimum absolute atomic E-state index is 0.0525. The summed E-state index contributed by atoms with van der Waals surface area (Å²) in [7, 11) is 4.03. The highest BCUT2D eigenvalue weighted by molar-refractivity contribution is 7.10. The first-order chi connectivity index (χ1) is 12.9. The van der Waals surface area contributed by atoms with Gasteiger partial charge in [0.1, 0.15) is 5.75 Å². The van der Waals surface area contributed by atoms with E-state index in [0.717, 1.165) is 17.8 Å². The first-order valence-electron chi connectivity index (χ1n) is 9.03. The molecule has 0 bridgehead atoms. The Morgan fingerprint density at radius 1 is 1.33 bits per heavy atom. The van der Waals surface area contributed by atoms with E-state index >= 15 is 0 Å². The lowest BCUT2D eigenvalue weighted by atomic mass is 10.1. The van der Waals surface area contributed by atoms with Crippen molar-refractivity contribution in [3.05, 3.63) is 40.6 Å². The van der Waals surface area contributed by atoms with E-state index in [0.29, 0.717) is 30.1 Å². The smallest absolute Gasteiger partial charge is 0.267 e. The number of carbonyl (C=O) groups is 2. The van der Waals surface area contributed by atoms with Crippen LogP contribution in [0.25, 0.3) is 0 Å². The summed E-state index contributed by atoms with van der Waals surface area (Å²) in [6.07, 6.45) is 0.698. The van der Waals surface area contributed by atoms with E-state index in [-0.39, 0.29) is 11.8 Å². The van der Waals surface area contributed by atoms with E-state index in [9.17, 15) is 9.59 Å². The highest BCUT2D eigenvalue weighted by atomic mass is 32.1. The third-order valence-electron chi connectivity index (χ3n) is 4.35. The molecular weight excluding hydrogens is 362 g/mol. The second-order valence-corrected chi connectivity index (χ2v) is 7.93. The predicted octanol–water partition coefficient (Wildman–Crippen LogP) is 2.99. The Kier molecular flexibility index (Phi) is 6.13. The van der Waals surface area contributed by atoms with Crippen molar-refractivity contribution in [2.45, 2.75) is 25.9 Å². The Morgan fingerprint density at radius 2 is 2.15 bits per heavy atom. The molecule has 0 aliphatic carbocycles. The molecule has 0 saturated carbocycles. The van der Waals surface area contributed by atoms with Gasteiger partial charge in [-0.25, -0.2) is 0 Å². The highest BCUT2D eigenvalue weighted by Gasteiger charge is 2.31. The second kappa shape index (κ2) is 8.54. The SMILES string of the molecule is CC1Oc2ccc(NC(=O)Cc3cccs3)cc2N(CCCN(C)C)C1=O. The summed E-state index contributed by atoms with van der Waals surface area (Å²) >= 11 is 1.56. The van der Waals surface area contributed by atoms with Crippen LogP contribution in [0.5, 0.6) is 5.75 Å². The molecule has 144 valence electrons. The maximum Gasteiger partial charge on any atom is 0.267 e. The predicted molar refractivity (Wildman–Crippen MR) is 109 cm³/mol. The van der Waals surface area contributed by atoms with Crippen LogP contribution in [0.1, 0.15) is 18.2 Å². The zero-order valence-electron chi connectivity index (χ0n) is 15.9. The topological polar surface area (TPSA) is 61.9 Å². The van der Waals surface area contributed by atoms with E-state index in [1.807, 2.05) is 49.8 Å². The molecule has 1 aromatic heterocycles. The van der Waals surface area contributed by atoms with Crippen LogP contribution >= 0.6 is 11.3 Å². The standard InChI is InChI=1S/C20H25N3O3S/c1-14-20(25)23(10-5-9-22(2)3)17-12-15(7-8-18(17)26-14)21-19(24)13-16-6-4-11-27-16/h4,6-8,11-12,14H,5,9-10,13H2,1-3H3,(H,21,24). The molecule has 1 unspecified atom stereocenters.